The normalized spacial score (nSPS) is 14.5. The first-order valence-electron chi connectivity index (χ1n) is 9.96. The molecule has 1 aliphatic rings. The number of hydrogen-bond donors (Lipinski definition) is 3. The van der Waals surface area contributed by atoms with Crippen molar-refractivity contribution in [3.05, 3.63) is 66.4 Å². The van der Waals surface area contributed by atoms with Crippen LogP contribution in [0.15, 0.2) is 60.8 Å². The fourth-order valence-corrected chi connectivity index (χ4v) is 3.80. The van der Waals surface area contributed by atoms with Gasteiger partial charge in [-0.15, -0.1) is 0 Å². The first-order chi connectivity index (χ1) is 14.1. The molecule has 6 nitrogen and oxygen atoms in total. The van der Waals surface area contributed by atoms with Crippen LogP contribution in [0, 0.1) is 0 Å². The van der Waals surface area contributed by atoms with E-state index in [4.69, 9.17) is 10.5 Å². The molecule has 1 aliphatic carbocycles. The highest BCUT2D eigenvalue weighted by molar-refractivity contribution is 5.99. The fraction of sp³-hybridized carbons (Fsp3) is 0.261. The third-order valence-electron chi connectivity index (χ3n) is 5.30. The van der Waals surface area contributed by atoms with Gasteiger partial charge in [-0.25, -0.2) is 0 Å². The summed E-state index contributed by atoms with van der Waals surface area (Å²) in [5, 5.41) is 13.5. The Morgan fingerprint density at radius 1 is 1.07 bits per heavy atom. The number of nitrogens with two attached hydrogens (primary N) is 1. The van der Waals surface area contributed by atoms with Crippen LogP contribution in [0.3, 0.4) is 0 Å². The summed E-state index contributed by atoms with van der Waals surface area (Å²) in [5.41, 5.74) is 7.66. The van der Waals surface area contributed by atoms with Crippen molar-refractivity contribution in [1.82, 2.24) is 4.57 Å². The van der Waals surface area contributed by atoms with Crippen molar-refractivity contribution in [1.29, 1.82) is 0 Å². The van der Waals surface area contributed by atoms with Crippen LogP contribution >= 0.6 is 0 Å². The van der Waals surface area contributed by atoms with Crippen molar-refractivity contribution in [3.8, 4) is 23.1 Å². The predicted octanol–water partition coefficient (Wildman–Crippen LogP) is 4.82. The van der Waals surface area contributed by atoms with E-state index in [1.54, 1.807) is 30.3 Å². The third kappa shape index (κ3) is 4.21. The van der Waals surface area contributed by atoms with Crippen LogP contribution in [0.1, 0.15) is 42.5 Å². The Balaban J connectivity index is 1.65. The molecule has 150 valence electrons. The molecule has 0 radical (unpaired) electrons. The lowest BCUT2D eigenvalue weighted by Gasteiger charge is -2.25. The van der Waals surface area contributed by atoms with Crippen molar-refractivity contribution < 1.29 is 14.6 Å². The van der Waals surface area contributed by atoms with Crippen LogP contribution in [-0.4, -0.2) is 21.6 Å². The van der Waals surface area contributed by atoms with E-state index in [2.05, 4.69) is 5.32 Å². The minimum absolute atomic E-state index is 0.0731. The molecule has 2 aromatic carbocycles. The maximum atomic E-state index is 11.9. The Labute approximate surface area is 169 Å². The highest BCUT2D eigenvalue weighted by Gasteiger charge is 2.18. The highest BCUT2D eigenvalue weighted by Crippen LogP contribution is 2.33. The van der Waals surface area contributed by atoms with Gasteiger partial charge in [-0.3, -0.25) is 9.36 Å². The summed E-state index contributed by atoms with van der Waals surface area (Å²) in [7, 11) is 0. The number of rotatable bonds is 6. The van der Waals surface area contributed by atoms with Gasteiger partial charge < -0.3 is 20.9 Å². The topological polar surface area (TPSA) is 89.5 Å². The first-order valence-corrected chi connectivity index (χ1v) is 9.96. The second-order valence-electron chi connectivity index (χ2n) is 7.36. The van der Waals surface area contributed by atoms with Crippen LogP contribution in [-0.2, 0) is 0 Å². The van der Waals surface area contributed by atoms with Crippen molar-refractivity contribution >= 4 is 11.6 Å². The molecule has 6 heteroatoms. The number of hydrogen-bond acceptors (Lipinski definition) is 4. The maximum absolute atomic E-state index is 11.9. The van der Waals surface area contributed by atoms with Gasteiger partial charge in [-0.05, 0) is 49.2 Å². The number of carbonyl (C=O) groups is 1. The molecular formula is C23H25N3O3. The van der Waals surface area contributed by atoms with Crippen molar-refractivity contribution in [3.63, 3.8) is 0 Å². The Morgan fingerprint density at radius 2 is 1.86 bits per heavy atom. The zero-order valence-electron chi connectivity index (χ0n) is 16.2. The van der Waals surface area contributed by atoms with Crippen LogP contribution in [0.2, 0.25) is 0 Å². The molecule has 3 aromatic rings. The molecule has 1 amide bonds. The van der Waals surface area contributed by atoms with Crippen LogP contribution < -0.4 is 15.8 Å². The zero-order valence-corrected chi connectivity index (χ0v) is 16.2. The SMILES string of the molecule is NC(=O)c1ccc(-n2cccc2Oc2ccccc2O)cc1NC1CCCCC1. The van der Waals surface area contributed by atoms with Crippen LogP contribution in [0.4, 0.5) is 5.69 Å². The Morgan fingerprint density at radius 3 is 2.62 bits per heavy atom. The number of nitrogens with zero attached hydrogens (tertiary/aromatic N) is 1. The highest BCUT2D eigenvalue weighted by atomic mass is 16.5. The summed E-state index contributed by atoms with van der Waals surface area (Å²) in [4.78, 5) is 11.9. The van der Waals surface area contributed by atoms with E-state index < -0.39 is 5.91 Å². The number of aromatic hydroxyl groups is 1. The van der Waals surface area contributed by atoms with Crippen molar-refractivity contribution in [2.75, 3.05) is 5.32 Å². The quantitative estimate of drug-likeness (QED) is 0.562. The number of carbonyl (C=O) groups excluding carboxylic acids is 1. The van der Waals surface area contributed by atoms with E-state index in [0.29, 0.717) is 23.2 Å². The molecule has 0 atom stereocenters. The number of benzene rings is 2. The Hall–Kier alpha value is -3.41. The number of anilines is 1. The zero-order chi connectivity index (χ0) is 20.2. The van der Waals surface area contributed by atoms with Gasteiger partial charge in [0.05, 0.1) is 11.3 Å². The van der Waals surface area contributed by atoms with E-state index in [0.717, 1.165) is 24.2 Å². The lowest BCUT2D eigenvalue weighted by Crippen LogP contribution is -2.24. The molecule has 4 N–H and O–H groups in total. The molecule has 0 bridgehead atoms. The van der Waals surface area contributed by atoms with E-state index in [1.807, 2.05) is 35.0 Å². The van der Waals surface area contributed by atoms with Gasteiger partial charge in [0, 0.05) is 24.0 Å². The number of phenolic OH excluding ortho intramolecular Hbond substituents is 1. The molecule has 0 spiro atoms. The molecule has 0 unspecified atom stereocenters. The lowest BCUT2D eigenvalue weighted by molar-refractivity contribution is 0.100. The summed E-state index contributed by atoms with van der Waals surface area (Å²) < 4.78 is 7.77. The summed E-state index contributed by atoms with van der Waals surface area (Å²) >= 11 is 0. The number of primary amides is 1. The molecule has 1 aromatic heterocycles. The summed E-state index contributed by atoms with van der Waals surface area (Å²) in [6.07, 6.45) is 7.70. The largest absolute Gasteiger partial charge is 0.504 e. The van der Waals surface area contributed by atoms with E-state index in [9.17, 15) is 9.90 Å². The van der Waals surface area contributed by atoms with Gasteiger partial charge >= 0.3 is 0 Å². The number of nitrogens with one attached hydrogen (secondary N) is 1. The lowest BCUT2D eigenvalue weighted by atomic mass is 9.95. The number of phenols is 1. The van der Waals surface area contributed by atoms with Gasteiger partial charge in [0.25, 0.3) is 5.91 Å². The van der Waals surface area contributed by atoms with Gasteiger partial charge in [-0.1, -0.05) is 31.4 Å². The van der Waals surface area contributed by atoms with Gasteiger partial charge in [0.15, 0.2) is 11.5 Å². The van der Waals surface area contributed by atoms with Gasteiger partial charge in [0.2, 0.25) is 5.88 Å². The molecule has 0 saturated heterocycles. The van der Waals surface area contributed by atoms with Crippen molar-refractivity contribution in [2.45, 2.75) is 38.1 Å². The molecule has 1 heterocycles. The number of amides is 1. The summed E-state index contributed by atoms with van der Waals surface area (Å²) in [5.74, 6) is 0.556. The maximum Gasteiger partial charge on any atom is 0.250 e. The molecular weight excluding hydrogens is 366 g/mol. The van der Waals surface area contributed by atoms with Crippen molar-refractivity contribution in [2.24, 2.45) is 5.73 Å². The van der Waals surface area contributed by atoms with Crippen LogP contribution in [0.5, 0.6) is 17.4 Å². The van der Waals surface area contributed by atoms with E-state index in [1.165, 1.54) is 19.3 Å². The fourth-order valence-electron chi connectivity index (χ4n) is 3.80. The van der Waals surface area contributed by atoms with Gasteiger partial charge in [-0.2, -0.15) is 0 Å². The molecule has 1 saturated carbocycles. The molecule has 1 fully saturated rings. The Bertz CT molecular complexity index is 1010. The number of para-hydroxylation sites is 2. The predicted molar refractivity (Wildman–Crippen MR) is 113 cm³/mol. The second kappa shape index (κ2) is 8.31. The average Bonchev–Trinajstić information content (AvgIpc) is 3.18. The smallest absolute Gasteiger partial charge is 0.250 e. The second-order valence-corrected chi connectivity index (χ2v) is 7.36. The monoisotopic (exact) mass is 391 g/mol. The summed E-state index contributed by atoms with van der Waals surface area (Å²) in [6.45, 7) is 0. The van der Waals surface area contributed by atoms with Crippen LogP contribution in [0.25, 0.3) is 5.69 Å². The Kier molecular flexibility index (Phi) is 5.42. The standard InChI is InChI=1S/C23H25N3O3/c24-23(28)18-13-12-17(15-19(18)25-16-7-2-1-3-8-16)26-14-6-11-22(26)29-21-10-5-4-9-20(21)27/h4-6,9-16,25,27H,1-3,7-8H2,(H2,24,28). The minimum Gasteiger partial charge on any atom is -0.504 e. The number of aromatic nitrogens is 1. The molecule has 4 rings (SSSR count). The average molecular weight is 391 g/mol. The summed E-state index contributed by atoms with van der Waals surface area (Å²) in [6, 6.07) is 16.4. The molecule has 0 aliphatic heterocycles. The third-order valence-corrected chi connectivity index (χ3v) is 5.30. The van der Waals surface area contributed by atoms with Gasteiger partial charge in [0.1, 0.15) is 0 Å². The minimum atomic E-state index is -0.451. The molecule has 29 heavy (non-hydrogen) atoms. The van der Waals surface area contributed by atoms with E-state index in [-0.39, 0.29) is 5.75 Å². The first kappa shape index (κ1) is 18.9. The number of ether oxygens (including phenoxy) is 1. The van der Waals surface area contributed by atoms with E-state index >= 15 is 0 Å².